The molecule has 0 bridgehead atoms. The molecule has 2 amide bonds. The Hall–Kier alpha value is -1.73. The summed E-state index contributed by atoms with van der Waals surface area (Å²) >= 11 is 37.2. The normalized spacial score (nSPS) is 18.3. The van der Waals surface area contributed by atoms with Gasteiger partial charge < -0.3 is 10.6 Å². The van der Waals surface area contributed by atoms with Crippen molar-refractivity contribution in [1.29, 1.82) is 0 Å². The molecule has 4 rings (SSSR count). The molecule has 1 unspecified atom stereocenters. The molecule has 1 fully saturated rings. The summed E-state index contributed by atoms with van der Waals surface area (Å²) < 4.78 is 11.7. The zero-order chi connectivity index (χ0) is 24.8. The number of carbonyl (C=O) groups is 2. The predicted octanol–water partition coefficient (Wildman–Crippen LogP) is 8.22. The molecular formula is C23H13Cl6FN2O2. The zero-order valence-electron chi connectivity index (χ0n) is 16.8. The van der Waals surface area contributed by atoms with Gasteiger partial charge in [-0.3, -0.25) is 9.59 Å². The van der Waals surface area contributed by atoms with Gasteiger partial charge in [0.1, 0.15) is 10.2 Å². The van der Waals surface area contributed by atoms with E-state index in [1.54, 1.807) is 12.1 Å². The van der Waals surface area contributed by atoms with Crippen LogP contribution in [0.25, 0.3) is 0 Å². The van der Waals surface area contributed by atoms with Gasteiger partial charge in [-0.2, -0.15) is 0 Å². The van der Waals surface area contributed by atoms with Crippen LogP contribution in [0.3, 0.4) is 0 Å². The predicted molar refractivity (Wildman–Crippen MR) is 137 cm³/mol. The SMILES string of the molecule is O=C(Nc1ccc(F)cc1)c1cc(NC(=O)[C@H]2C(c3cc(Cl)c(Cl)c(Cl)c3)C2(Cl)Cl)ccc1Cl. The number of nitrogens with one attached hydrogen (secondary N) is 2. The first-order chi connectivity index (χ1) is 16.0. The van der Waals surface area contributed by atoms with Crippen LogP contribution >= 0.6 is 69.6 Å². The second kappa shape index (κ2) is 9.73. The summed E-state index contributed by atoms with van der Waals surface area (Å²) in [4.78, 5) is 25.6. The van der Waals surface area contributed by atoms with Crippen molar-refractivity contribution in [1.82, 2.24) is 0 Å². The van der Waals surface area contributed by atoms with E-state index in [4.69, 9.17) is 69.6 Å². The summed E-state index contributed by atoms with van der Waals surface area (Å²) in [5, 5.41) is 6.11. The molecule has 0 spiro atoms. The molecule has 2 atom stereocenters. The Morgan fingerprint density at radius 1 is 0.794 bits per heavy atom. The Labute approximate surface area is 224 Å². The lowest BCUT2D eigenvalue weighted by Gasteiger charge is -2.10. The number of hydrogen-bond acceptors (Lipinski definition) is 2. The van der Waals surface area contributed by atoms with E-state index < -0.39 is 33.8 Å². The molecule has 1 aliphatic rings. The van der Waals surface area contributed by atoms with E-state index in [2.05, 4.69) is 10.6 Å². The van der Waals surface area contributed by atoms with Crippen LogP contribution in [-0.2, 0) is 4.79 Å². The highest BCUT2D eigenvalue weighted by atomic mass is 35.5. The summed E-state index contributed by atoms with van der Waals surface area (Å²) in [6, 6.07) is 12.8. The fourth-order valence-electron chi connectivity index (χ4n) is 3.55. The van der Waals surface area contributed by atoms with E-state index in [9.17, 15) is 14.0 Å². The Bertz CT molecular complexity index is 1280. The quantitative estimate of drug-likeness (QED) is 0.236. The van der Waals surface area contributed by atoms with Gasteiger partial charge in [0.05, 0.1) is 31.6 Å². The topological polar surface area (TPSA) is 58.2 Å². The van der Waals surface area contributed by atoms with Crippen LogP contribution in [-0.4, -0.2) is 16.1 Å². The molecule has 0 heterocycles. The maximum absolute atomic E-state index is 13.1. The van der Waals surface area contributed by atoms with E-state index in [0.29, 0.717) is 16.9 Å². The summed E-state index contributed by atoms with van der Waals surface area (Å²) in [7, 11) is 0. The molecule has 176 valence electrons. The molecule has 2 N–H and O–H groups in total. The van der Waals surface area contributed by atoms with E-state index in [-0.39, 0.29) is 25.7 Å². The standard InChI is InChI=1S/C23H13Cl6FN2O2/c24-15-6-5-13(9-14(15)21(33)31-12-3-1-11(30)2-4-12)32-22(34)19-18(23(19,28)29)10-7-16(25)20(27)17(26)8-10/h1-9,18-19H,(H,31,33)(H,32,34)/t18?,19-/m1/s1. The summed E-state index contributed by atoms with van der Waals surface area (Å²) in [6.45, 7) is 0. The smallest absolute Gasteiger partial charge is 0.257 e. The fourth-order valence-corrected chi connectivity index (χ4v) is 5.20. The van der Waals surface area contributed by atoms with E-state index in [1.165, 1.54) is 42.5 Å². The lowest BCUT2D eigenvalue weighted by molar-refractivity contribution is -0.117. The second-order valence-corrected chi connectivity index (χ2v) is 10.6. The van der Waals surface area contributed by atoms with Crippen LogP contribution in [0, 0.1) is 11.7 Å². The van der Waals surface area contributed by atoms with Crippen LogP contribution in [0.4, 0.5) is 15.8 Å². The van der Waals surface area contributed by atoms with Gasteiger partial charge in [-0.05, 0) is 60.2 Å². The number of halogens is 7. The third-order valence-electron chi connectivity index (χ3n) is 5.28. The number of amides is 2. The summed E-state index contributed by atoms with van der Waals surface area (Å²) in [6.07, 6.45) is 0. The number of hydrogen-bond donors (Lipinski definition) is 2. The molecule has 4 nitrogen and oxygen atoms in total. The van der Waals surface area contributed by atoms with Crippen LogP contribution in [0.5, 0.6) is 0 Å². The van der Waals surface area contributed by atoms with Crippen LogP contribution in [0.15, 0.2) is 54.6 Å². The highest BCUT2D eigenvalue weighted by molar-refractivity contribution is 6.54. The van der Waals surface area contributed by atoms with E-state index in [1.807, 2.05) is 0 Å². The minimum Gasteiger partial charge on any atom is -0.326 e. The molecule has 3 aromatic rings. The number of carbonyl (C=O) groups excluding carboxylic acids is 2. The van der Waals surface area contributed by atoms with Crippen molar-refractivity contribution in [2.24, 2.45) is 5.92 Å². The largest absolute Gasteiger partial charge is 0.326 e. The van der Waals surface area contributed by atoms with Crippen molar-refractivity contribution in [2.75, 3.05) is 10.6 Å². The van der Waals surface area contributed by atoms with Gasteiger partial charge in [0.25, 0.3) is 5.91 Å². The zero-order valence-corrected chi connectivity index (χ0v) is 21.3. The van der Waals surface area contributed by atoms with Gasteiger partial charge in [0, 0.05) is 17.3 Å². The van der Waals surface area contributed by atoms with Crippen molar-refractivity contribution in [2.45, 2.75) is 10.3 Å². The summed E-state index contributed by atoms with van der Waals surface area (Å²) in [5.41, 5.74) is 1.36. The van der Waals surface area contributed by atoms with Gasteiger partial charge >= 0.3 is 0 Å². The molecule has 0 radical (unpaired) electrons. The van der Waals surface area contributed by atoms with Crippen molar-refractivity contribution in [3.05, 3.63) is 91.6 Å². The van der Waals surface area contributed by atoms with E-state index in [0.717, 1.165) is 0 Å². The first-order valence-corrected chi connectivity index (χ1v) is 12.0. The van der Waals surface area contributed by atoms with E-state index >= 15 is 0 Å². The third-order valence-corrected chi connectivity index (χ3v) is 7.75. The minimum absolute atomic E-state index is 0.107. The van der Waals surface area contributed by atoms with Crippen molar-refractivity contribution >= 4 is 92.8 Å². The van der Waals surface area contributed by atoms with Gasteiger partial charge in [-0.25, -0.2) is 4.39 Å². The molecule has 34 heavy (non-hydrogen) atoms. The second-order valence-electron chi connectivity index (χ2n) is 7.57. The first kappa shape index (κ1) is 25.4. The monoisotopic (exact) mass is 578 g/mol. The molecule has 3 aromatic carbocycles. The van der Waals surface area contributed by atoms with Crippen LogP contribution in [0.2, 0.25) is 20.1 Å². The molecule has 1 aliphatic carbocycles. The van der Waals surface area contributed by atoms with Crippen molar-refractivity contribution in [3.63, 3.8) is 0 Å². The highest BCUT2D eigenvalue weighted by Crippen LogP contribution is 2.65. The Kier molecular flexibility index (Phi) is 7.26. The lowest BCUT2D eigenvalue weighted by Crippen LogP contribution is -2.18. The molecule has 0 aliphatic heterocycles. The summed E-state index contributed by atoms with van der Waals surface area (Å²) in [5.74, 6) is -2.82. The maximum atomic E-state index is 13.1. The molecule has 0 aromatic heterocycles. The Balaban J connectivity index is 1.51. The number of benzene rings is 3. The van der Waals surface area contributed by atoms with Crippen LogP contribution in [0.1, 0.15) is 21.8 Å². The molecular weight excluding hydrogens is 568 g/mol. The number of rotatable bonds is 5. The number of alkyl halides is 2. The average Bonchev–Trinajstić information content (AvgIpc) is 3.36. The number of anilines is 2. The minimum atomic E-state index is -1.39. The van der Waals surface area contributed by atoms with Crippen LogP contribution < -0.4 is 10.6 Å². The van der Waals surface area contributed by atoms with Gasteiger partial charge in [-0.15, -0.1) is 23.2 Å². The van der Waals surface area contributed by atoms with Gasteiger partial charge in [0.2, 0.25) is 5.91 Å². The highest BCUT2D eigenvalue weighted by Gasteiger charge is 2.67. The first-order valence-electron chi connectivity index (χ1n) is 9.68. The Morgan fingerprint density at radius 3 is 2.00 bits per heavy atom. The maximum Gasteiger partial charge on any atom is 0.257 e. The van der Waals surface area contributed by atoms with Gasteiger partial charge in [0.15, 0.2) is 0 Å². The lowest BCUT2D eigenvalue weighted by atomic mass is 10.1. The van der Waals surface area contributed by atoms with Crippen molar-refractivity contribution in [3.8, 4) is 0 Å². The van der Waals surface area contributed by atoms with Crippen molar-refractivity contribution < 1.29 is 14.0 Å². The third kappa shape index (κ3) is 5.11. The molecule has 11 heteroatoms. The van der Waals surface area contributed by atoms with Gasteiger partial charge in [-0.1, -0.05) is 46.4 Å². The average molecular weight is 581 g/mol. The fraction of sp³-hybridized carbons (Fsp3) is 0.130. The molecule has 1 saturated carbocycles. The molecule has 0 saturated heterocycles. The Morgan fingerprint density at radius 2 is 1.38 bits per heavy atom.